The van der Waals surface area contributed by atoms with Crippen LogP contribution in [-0.2, 0) is 22.4 Å². The molecule has 1 fully saturated rings. The summed E-state index contributed by atoms with van der Waals surface area (Å²) in [6.45, 7) is 9.12. The highest BCUT2D eigenvalue weighted by Gasteiger charge is 2.22. The Bertz CT molecular complexity index is 583. The van der Waals surface area contributed by atoms with E-state index in [0.717, 1.165) is 19.3 Å². The van der Waals surface area contributed by atoms with Gasteiger partial charge in [-0.2, -0.15) is 0 Å². The van der Waals surface area contributed by atoms with Gasteiger partial charge in [-0.1, -0.05) is 45.0 Å². The highest BCUT2D eigenvalue weighted by atomic mass is 16.6. The molecule has 0 atom stereocenters. The van der Waals surface area contributed by atoms with Crippen LogP contribution in [0, 0.1) is 5.92 Å². The van der Waals surface area contributed by atoms with E-state index in [1.54, 1.807) is 4.90 Å². The first-order chi connectivity index (χ1) is 12.5. The Morgan fingerprint density at radius 2 is 1.62 bits per heavy atom. The largest absolute Gasteiger partial charge is 0.449 e. The van der Waals surface area contributed by atoms with Gasteiger partial charge in [0.15, 0.2) is 0 Å². The Hall–Kier alpha value is -2.04. The molecule has 1 aliphatic heterocycles. The smallest absolute Gasteiger partial charge is 0.409 e. The quantitative estimate of drug-likeness (QED) is 0.780. The van der Waals surface area contributed by atoms with E-state index in [2.05, 4.69) is 31.2 Å². The molecule has 1 aromatic rings. The number of carbonyl (C=O) groups excluding carboxylic acids is 2. The molecule has 0 spiro atoms. The Labute approximate surface area is 157 Å². The number of benzene rings is 1. The molecule has 2 rings (SSSR count). The highest BCUT2D eigenvalue weighted by Crippen LogP contribution is 2.11. The molecule has 0 saturated carbocycles. The van der Waals surface area contributed by atoms with Crippen molar-refractivity contribution in [3.8, 4) is 0 Å². The summed E-state index contributed by atoms with van der Waals surface area (Å²) < 4.78 is 5.30. The molecule has 1 saturated heterocycles. The number of ether oxygens (including phenoxy) is 1. The fourth-order valence-corrected chi connectivity index (χ4v) is 3.03. The van der Waals surface area contributed by atoms with E-state index in [1.165, 1.54) is 11.1 Å². The molecule has 5 heteroatoms. The molecule has 0 bridgehead atoms. The van der Waals surface area contributed by atoms with Crippen LogP contribution in [0.4, 0.5) is 4.79 Å². The van der Waals surface area contributed by atoms with Gasteiger partial charge in [-0.3, -0.25) is 4.79 Å². The second kappa shape index (κ2) is 10.2. The number of carbonyl (C=O) groups is 2. The maximum absolute atomic E-state index is 12.5. The van der Waals surface area contributed by atoms with Gasteiger partial charge in [-0.15, -0.1) is 0 Å². The zero-order chi connectivity index (χ0) is 18.9. The summed E-state index contributed by atoms with van der Waals surface area (Å²) in [7, 11) is 0. The van der Waals surface area contributed by atoms with Crippen molar-refractivity contribution in [2.24, 2.45) is 5.92 Å². The van der Waals surface area contributed by atoms with Crippen LogP contribution in [0.1, 0.15) is 44.7 Å². The van der Waals surface area contributed by atoms with E-state index >= 15 is 0 Å². The topological polar surface area (TPSA) is 49.9 Å². The van der Waals surface area contributed by atoms with Crippen LogP contribution in [0.3, 0.4) is 0 Å². The lowest BCUT2D eigenvalue weighted by Crippen LogP contribution is -2.38. The number of hydrogen-bond acceptors (Lipinski definition) is 3. The molecule has 26 heavy (non-hydrogen) atoms. The Balaban J connectivity index is 1.78. The molecule has 0 radical (unpaired) electrons. The molecule has 1 heterocycles. The van der Waals surface area contributed by atoms with Gasteiger partial charge in [-0.05, 0) is 36.3 Å². The van der Waals surface area contributed by atoms with Crippen molar-refractivity contribution in [1.29, 1.82) is 0 Å². The van der Waals surface area contributed by atoms with Gasteiger partial charge in [0.1, 0.15) is 0 Å². The number of rotatable bonds is 6. The molecule has 1 aliphatic rings. The van der Waals surface area contributed by atoms with Gasteiger partial charge in [0, 0.05) is 32.6 Å². The number of nitrogens with zero attached hydrogens (tertiary/aromatic N) is 2. The fourth-order valence-electron chi connectivity index (χ4n) is 3.03. The van der Waals surface area contributed by atoms with Gasteiger partial charge in [-0.25, -0.2) is 4.79 Å². The van der Waals surface area contributed by atoms with Gasteiger partial charge in [0.2, 0.25) is 5.91 Å². The summed E-state index contributed by atoms with van der Waals surface area (Å²) in [6.07, 6.45) is 2.85. The van der Waals surface area contributed by atoms with E-state index < -0.39 is 0 Å². The first-order valence-electron chi connectivity index (χ1n) is 9.77. The molecule has 1 aromatic carbocycles. The molecule has 0 N–H and O–H groups in total. The minimum absolute atomic E-state index is 0.168. The van der Waals surface area contributed by atoms with E-state index in [9.17, 15) is 9.59 Å². The first-order valence-corrected chi connectivity index (χ1v) is 9.77. The lowest BCUT2D eigenvalue weighted by molar-refractivity contribution is -0.131. The van der Waals surface area contributed by atoms with Crippen LogP contribution < -0.4 is 0 Å². The van der Waals surface area contributed by atoms with Crippen molar-refractivity contribution in [2.75, 3.05) is 32.8 Å². The predicted molar refractivity (Wildman–Crippen MR) is 103 cm³/mol. The third-order valence-electron chi connectivity index (χ3n) is 4.71. The lowest BCUT2D eigenvalue weighted by Gasteiger charge is -2.22. The average Bonchev–Trinajstić information content (AvgIpc) is 2.91. The van der Waals surface area contributed by atoms with E-state index in [-0.39, 0.29) is 12.0 Å². The maximum Gasteiger partial charge on any atom is 0.409 e. The first kappa shape index (κ1) is 20.3. The summed E-state index contributed by atoms with van der Waals surface area (Å²) in [5, 5.41) is 0. The van der Waals surface area contributed by atoms with Crippen LogP contribution in [0.15, 0.2) is 24.3 Å². The normalized spacial score (nSPS) is 15.1. The summed E-state index contributed by atoms with van der Waals surface area (Å²) in [5.41, 5.74) is 2.52. The minimum Gasteiger partial charge on any atom is -0.449 e. The van der Waals surface area contributed by atoms with Crippen molar-refractivity contribution < 1.29 is 14.3 Å². The Morgan fingerprint density at radius 1 is 1.00 bits per heavy atom. The second-order valence-corrected chi connectivity index (χ2v) is 7.36. The van der Waals surface area contributed by atoms with Crippen LogP contribution in [0.2, 0.25) is 0 Å². The van der Waals surface area contributed by atoms with Crippen molar-refractivity contribution in [2.45, 2.75) is 46.5 Å². The van der Waals surface area contributed by atoms with Gasteiger partial charge in [0.25, 0.3) is 0 Å². The van der Waals surface area contributed by atoms with Gasteiger partial charge in [0.05, 0.1) is 6.61 Å². The van der Waals surface area contributed by atoms with Crippen LogP contribution >= 0.6 is 0 Å². The third kappa shape index (κ3) is 6.36. The van der Waals surface area contributed by atoms with Crippen molar-refractivity contribution in [1.82, 2.24) is 9.80 Å². The maximum atomic E-state index is 12.5. The summed E-state index contributed by atoms with van der Waals surface area (Å²) in [4.78, 5) is 28.2. The standard InChI is InChI=1S/C21H32N2O3/c1-4-18-6-8-19(9-7-18)10-11-20(24)22-12-5-13-23(15-14-22)21(25)26-16-17(2)3/h6-9,17H,4-5,10-16H2,1-3H3. The van der Waals surface area contributed by atoms with Crippen molar-refractivity contribution >= 4 is 12.0 Å². The van der Waals surface area contributed by atoms with Crippen LogP contribution in [-0.4, -0.2) is 54.6 Å². The van der Waals surface area contributed by atoms with E-state index in [4.69, 9.17) is 4.74 Å². The Morgan fingerprint density at radius 3 is 2.27 bits per heavy atom. The minimum atomic E-state index is -0.260. The molecular weight excluding hydrogens is 328 g/mol. The lowest BCUT2D eigenvalue weighted by atomic mass is 10.1. The van der Waals surface area contributed by atoms with Crippen molar-refractivity contribution in [3.05, 3.63) is 35.4 Å². The van der Waals surface area contributed by atoms with Crippen LogP contribution in [0.5, 0.6) is 0 Å². The number of hydrogen-bond donors (Lipinski definition) is 0. The van der Waals surface area contributed by atoms with Gasteiger partial charge < -0.3 is 14.5 Å². The molecule has 144 valence electrons. The summed E-state index contributed by atoms with van der Waals surface area (Å²) in [6, 6.07) is 8.49. The van der Waals surface area contributed by atoms with Gasteiger partial charge >= 0.3 is 6.09 Å². The SMILES string of the molecule is CCc1ccc(CCC(=O)N2CCCN(C(=O)OCC(C)C)CC2)cc1. The molecular formula is C21H32N2O3. The van der Waals surface area contributed by atoms with E-state index in [1.807, 2.05) is 18.7 Å². The zero-order valence-corrected chi connectivity index (χ0v) is 16.4. The molecule has 2 amide bonds. The molecule has 0 aromatic heterocycles. The highest BCUT2D eigenvalue weighted by molar-refractivity contribution is 5.76. The monoisotopic (exact) mass is 360 g/mol. The zero-order valence-electron chi connectivity index (χ0n) is 16.4. The molecule has 0 unspecified atom stereocenters. The predicted octanol–water partition coefficient (Wildman–Crippen LogP) is 3.51. The van der Waals surface area contributed by atoms with E-state index in [0.29, 0.717) is 45.1 Å². The number of amides is 2. The summed E-state index contributed by atoms with van der Waals surface area (Å²) in [5.74, 6) is 0.498. The van der Waals surface area contributed by atoms with Crippen LogP contribution in [0.25, 0.3) is 0 Å². The third-order valence-corrected chi connectivity index (χ3v) is 4.71. The fraction of sp³-hybridized carbons (Fsp3) is 0.619. The molecule has 0 aliphatic carbocycles. The Kier molecular flexibility index (Phi) is 7.95. The van der Waals surface area contributed by atoms with Crippen molar-refractivity contribution in [3.63, 3.8) is 0 Å². The summed E-state index contributed by atoms with van der Waals surface area (Å²) >= 11 is 0. The average molecular weight is 360 g/mol. The second-order valence-electron chi connectivity index (χ2n) is 7.36. The number of aryl methyl sites for hydroxylation is 2. The molecule has 5 nitrogen and oxygen atoms in total.